The predicted molar refractivity (Wildman–Crippen MR) is 95.0 cm³/mol. The van der Waals surface area contributed by atoms with Gasteiger partial charge >= 0.3 is 0 Å². The summed E-state index contributed by atoms with van der Waals surface area (Å²) in [6, 6.07) is 9.36. The molecule has 0 amide bonds. The van der Waals surface area contributed by atoms with Crippen LogP contribution in [0.15, 0.2) is 41.3 Å². The second-order valence-electron chi connectivity index (χ2n) is 4.73. The van der Waals surface area contributed by atoms with Gasteiger partial charge in [-0.3, -0.25) is 4.72 Å². The van der Waals surface area contributed by atoms with E-state index in [4.69, 9.17) is 21.1 Å². The van der Waals surface area contributed by atoms with Crippen molar-refractivity contribution in [1.29, 1.82) is 0 Å². The Morgan fingerprint density at radius 2 is 1.67 bits per heavy atom. The SMILES string of the molecule is COc1ccc(OC)c2sc(NS(=O)(=O)c3ccc(Cl)cc3)nc12. The van der Waals surface area contributed by atoms with E-state index in [0.29, 0.717) is 26.7 Å². The first kappa shape index (κ1) is 16.8. The molecule has 2 aromatic carbocycles. The van der Waals surface area contributed by atoms with Crippen molar-refractivity contribution in [2.45, 2.75) is 4.90 Å². The maximum atomic E-state index is 12.4. The van der Waals surface area contributed by atoms with Crippen LogP contribution in [0.5, 0.6) is 11.5 Å². The molecule has 0 radical (unpaired) electrons. The zero-order chi connectivity index (χ0) is 17.3. The molecule has 0 fully saturated rings. The molecule has 0 unspecified atom stereocenters. The Labute approximate surface area is 148 Å². The smallest absolute Gasteiger partial charge is 0.263 e. The van der Waals surface area contributed by atoms with Crippen LogP contribution in [0.2, 0.25) is 5.02 Å². The van der Waals surface area contributed by atoms with Gasteiger partial charge in [-0.25, -0.2) is 13.4 Å². The number of nitrogens with zero attached hydrogens (tertiary/aromatic N) is 1. The number of rotatable bonds is 5. The summed E-state index contributed by atoms with van der Waals surface area (Å²) in [5.74, 6) is 1.14. The Bertz CT molecular complexity index is 944. The summed E-state index contributed by atoms with van der Waals surface area (Å²) in [5.41, 5.74) is 0.538. The molecule has 1 N–H and O–H groups in total. The minimum absolute atomic E-state index is 0.102. The fraction of sp³-hybridized carbons (Fsp3) is 0.133. The summed E-state index contributed by atoms with van der Waals surface area (Å²) in [6.07, 6.45) is 0. The molecule has 0 aliphatic heterocycles. The lowest BCUT2D eigenvalue weighted by Gasteiger charge is -2.04. The van der Waals surface area contributed by atoms with Gasteiger partial charge in [-0.2, -0.15) is 0 Å². The first-order valence-corrected chi connectivity index (χ1v) is 9.42. The Morgan fingerprint density at radius 3 is 2.29 bits per heavy atom. The molecule has 1 aromatic heterocycles. The summed E-state index contributed by atoms with van der Waals surface area (Å²) in [4.78, 5) is 4.42. The summed E-state index contributed by atoms with van der Waals surface area (Å²) in [7, 11) is -0.693. The van der Waals surface area contributed by atoms with E-state index < -0.39 is 10.0 Å². The van der Waals surface area contributed by atoms with Gasteiger partial charge in [0.15, 0.2) is 5.13 Å². The molecule has 9 heteroatoms. The lowest BCUT2D eigenvalue weighted by atomic mass is 10.3. The minimum atomic E-state index is -3.76. The molecule has 3 rings (SSSR count). The number of thiazole rings is 1. The Kier molecular flexibility index (Phi) is 4.53. The predicted octanol–water partition coefficient (Wildman–Crippen LogP) is 3.77. The topological polar surface area (TPSA) is 77.5 Å². The first-order valence-electron chi connectivity index (χ1n) is 6.74. The van der Waals surface area contributed by atoms with Crippen molar-refractivity contribution in [3.8, 4) is 11.5 Å². The monoisotopic (exact) mass is 384 g/mol. The van der Waals surface area contributed by atoms with Gasteiger partial charge < -0.3 is 9.47 Å². The van der Waals surface area contributed by atoms with Crippen molar-refractivity contribution in [3.63, 3.8) is 0 Å². The number of benzene rings is 2. The number of methoxy groups -OCH3 is 2. The van der Waals surface area contributed by atoms with Crippen molar-refractivity contribution < 1.29 is 17.9 Å². The summed E-state index contributed by atoms with van der Waals surface area (Å²) in [6.45, 7) is 0. The maximum Gasteiger partial charge on any atom is 0.263 e. The number of hydrogen-bond acceptors (Lipinski definition) is 6. The van der Waals surface area contributed by atoms with Gasteiger partial charge in [0.05, 0.1) is 19.1 Å². The number of fused-ring (bicyclic) bond motifs is 1. The van der Waals surface area contributed by atoms with E-state index in [1.807, 2.05) is 0 Å². The Morgan fingerprint density at radius 1 is 1.04 bits per heavy atom. The largest absolute Gasteiger partial charge is 0.495 e. The number of nitrogens with one attached hydrogen (secondary N) is 1. The van der Waals surface area contributed by atoms with E-state index in [1.54, 1.807) is 19.2 Å². The molecule has 0 saturated carbocycles. The standard InChI is InChI=1S/C15H13ClN2O4S2/c1-21-11-7-8-12(22-2)14-13(11)17-15(23-14)18-24(19,20)10-5-3-9(16)4-6-10/h3-8H,1-2H3,(H,17,18). The lowest BCUT2D eigenvalue weighted by Crippen LogP contribution is -2.12. The minimum Gasteiger partial charge on any atom is -0.495 e. The van der Waals surface area contributed by atoms with Gasteiger partial charge in [-0.15, -0.1) is 0 Å². The fourth-order valence-electron chi connectivity index (χ4n) is 2.12. The van der Waals surface area contributed by atoms with Crippen molar-refractivity contribution in [2.75, 3.05) is 18.9 Å². The average Bonchev–Trinajstić information content (AvgIpc) is 2.97. The normalized spacial score (nSPS) is 11.5. The van der Waals surface area contributed by atoms with Crippen LogP contribution in [0.3, 0.4) is 0 Å². The summed E-state index contributed by atoms with van der Waals surface area (Å²) < 4.78 is 38.6. The number of anilines is 1. The molecule has 126 valence electrons. The molecule has 0 saturated heterocycles. The van der Waals surface area contributed by atoms with Crippen molar-refractivity contribution in [3.05, 3.63) is 41.4 Å². The van der Waals surface area contributed by atoms with Crippen LogP contribution in [0.4, 0.5) is 5.13 Å². The van der Waals surface area contributed by atoms with E-state index >= 15 is 0 Å². The molecule has 0 bridgehead atoms. The zero-order valence-corrected chi connectivity index (χ0v) is 15.1. The second-order valence-corrected chi connectivity index (χ2v) is 7.84. The molecular weight excluding hydrogens is 372 g/mol. The van der Waals surface area contributed by atoms with Crippen LogP contribution >= 0.6 is 22.9 Å². The molecule has 0 atom stereocenters. The first-order chi connectivity index (χ1) is 11.4. The Balaban J connectivity index is 2.02. The highest BCUT2D eigenvalue weighted by Crippen LogP contribution is 2.39. The summed E-state index contributed by atoms with van der Waals surface area (Å²) >= 11 is 6.96. The van der Waals surface area contributed by atoms with Crippen LogP contribution in [0.25, 0.3) is 10.2 Å². The van der Waals surface area contributed by atoms with E-state index in [2.05, 4.69) is 9.71 Å². The third-order valence-corrected chi connectivity index (χ3v) is 5.98. The Hall–Kier alpha value is -2.03. The molecular formula is C15H13ClN2O4S2. The van der Waals surface area contributed by atoms with Gasteiger partial charge in [0.2, 0.25) is 0 Å². The maximum absolute atomic E-state index is 12.4. The zero-order valence-electron chi connectivity index (χ0n) is 12.7. The number of hydrogen-bond donors (Lipinski definition) is 1. The molecule has 1 heterocycles. The van der Waals surface area contributed by atoms with Crippen LogP contribution in [-0.4, -0.2) is 27.6 Å². The fourth-order valence-corrected chi connectivity index (χ4v) is 4.45. The summed E-state index contributed by atoms with van der Waals surface area (Å²) in [5, 5.41) is 0.686. The molecule has 0 aliphatic rings. The molecule has 3 aromatic rings. The van der Waals surface area contributed by atoms with Crippen molar-refractivity contribution >= 4 is 48.3 Å². The molecule has 6 nitrogen and oxygen atoms in total. The van der Waals surface area contributed by atoms with Gasteiger partial charge in [0.1, 0.15) is 21.7 Å². The van der Waals surface area contributed by atoms with Crippen LogP contribution < -0.4 is 14.2 Å². The number of ether oxygens (including phenoxy) is 2. The van der Waals surface area contributed by atoms with E-state index in [9.17, 15) is 8.42 Å². The van der Waals surface area contributed by atoms with E-state index in [0.717, 1.165) is 0 Å². The molecule has 0 spiro atoms. The molecule has 24 heavy (non-hydrogen) atoms. The van der Waals surface area contributed by atoms with Gasteiger partial charge in [0, 0.05) is 5.02 Å². The van der Waals surface area contributed by atoms with Crippen molar-refractivity contribution in [1.82, 2.24) is 4.98 Å². The lowest BCUT2D eigenvalue weighted by molar-refractivity contribution is 0.410. The molecule has 0 aliphatic carbocycles. The van der Waals surface area contributed by atoms with Crippen LogP contribution in [0, 0.1) is 0 Å². The number of aromatic nitrogens is 1. The highest BCUT2D eigenvalue weighted by Gasteiger charge is 2.19. The highest BCUT2D eigenvalue weighted by atomic mass is 35.5. The third kappa shape index (κ3) is 3.12. The second kappa shape index (κ2) is 6.46. The van der Waals surface area contributed by atoms with Crippen LogP contribution in [-0.2, 0) is 10.0 Å². The van der Waals surface area contributed by atoms with Gasteiger partial charge in [-0.1, -0.05) is 22.9 Å². The van der Waals surface area contributed by atoms with Crippen LogP contribution in [0.1, 0.15) is 0 Å². The van der Waals surface area contributed by atoms with Crippen molar-refractivity contribution in [2.24, 2.45) is 0 Å². The number of halogens is 1. The van der Waals surface area contributed by atoms with Gasteiger partial charge in [-0.05, 0) is 36.4 Å². The quantitative estimate of drug-likeness (QED) is 0.724. The average molecular weight is 385 g/mol. The van der Waals surface area contributed by atoms with E-state index in [1.165, 1.54) is 42.7 Å². The third-order valence-electron chi connectivity index (χ3n) is 3.26. The van der Waals surface area contributed by atoms with Gasteiger partial charge in [0.25, 0.3) is 10.0 Å². The van der Waals surface area contributed by atoms with E-state index in [-0.39, 0.29) is 10.0 Å². The number of sulfonamides is 1. The highest BCUT2D eigenvalue weighted by molar-refractivity contribution is 7.93.